The van der Waals surface area contributed by atoms with Crippen LogP contribution >= 0.6 is 0 Å². The Morgan fingerprint density at radius 1 is 0.941 bits per heavy atom. The normalized spacial score (nSPS) is 18.9. The average molecular weight is 225 g/mol. The van der Waals surface area contributed by atoms with Crippen LogP contribution in [0.1, 0.15) is 17.2 Å². The second kappa shape index (κ2) is 4.60. The second-order valence-electron chi connectivity index (χ2n) is 4.18. The lowest BCUT2D eigenvalue weighted by molar-refractivity contribution is 0.325. The minimum absolute atomic E-state index is 0.231. The summed E-state index contributed by atoms with van der Waals surface area (Å²) in [4.78, 5) is 0. The first-order valence-electron chi connectivity index (χ1n) is 5.95. The van der Waals surface area contributed by atoms with Crippen LogP contribution in [0.4, 0.5) is 0 Å². The minimum atomic E-state index is 0.231. The lowest BCUT2D eigenvalue weighted by Gasteiger charge is -2.17. The largest absolute Gasteiger partial charge is 0.492 e. The van der Waals surface area contributed by atoms with Crippen LogP contribution in [0.2, 0.25) is 0 Å². The number of para-hydroxylation sites is 1. The molecule has 2 aromatic carbocycles. The van der Waals surface area contributed by atoms with Gasteiger partial charge in [-0.15, -0.1) is 0 Å². The summed E-state index contributed by atoms with van der Waals surface area (Å²) in [5.74, 6) is 0.992. The number of hydrogen-bond donors (Lipinski definition) is 1. The Hall–Kier alpha value is -1.80. The van der Waals surface area contributed by atoms with Crippen molar-refractivity contribution in [2.24, 2.45) is 0 Å². The number of benzene rings is 2. The van der Waals surface area contributed by atoms with Gasteiger partial charge in [-0.25, -0.2) is 0 Å². The van der Waals surface area contributed by atoms with Crippen LogP contribution in [0, 0.1) is 0 Å². The van der Waals surface area contributed by atoms with E-state index >= 15 is 0 Å². The average Bonchev–Trinajstić information content (AvgIpc) is 2.62. The third-order valence-electron chi connectivity index (χ3n) is 3.07. The molecular weight excluding hydrogens is 210 g/mol. The summed E-state index contributed by atoms with van der Waals surface area (Å²) in [6, 6.07) is 19.0. The van der Waals surface area contributed by atoms with E-state index in [-0.39, 0.29) is 6.04 Å². The molecule has 2 aromatic rings. The molecule has 0 saturated heterocycles. The van der Waals surface area contributed by atoms with E-state index in [0.29, 0.717) is 0 Å². The Kier molecular flexibility index (Phi) is 2.80. The first-order chi connectivity index (χ1) is 8.45. The van der Waals surface area contributed by atoms with Crippen LogP contribution in [-0.2, 0) is 0 Å². The van der Waals surface area contributed by atoms with Crippen LogP contribution < -0.4 is 10.1 Å². The summed E-state index contributed by atoms with van der Waals surface area (Å²) >= 11 is 0. The van der Waals surface area contributed by atoms with Crippen LogP contribution in [0.3, 0.4) is 0 Å². The lowest BCUT2D eigenvalue weighted by atomic mass is 9.98. The van der Waals surface area contributed by atoms with Crippen molar-refractivity contribution in [3.05, 3.63) is 65.7 Å². The summed E-state index contributed by atoms with van der Waals surface area (Å²) in [7, 11) is 0. The molecule has 0 radical (unpaired) electrons. The monoisotopic (exact) mass is 225 g/mol. The molecule has 1 N–H and O–H groups in total. The summed E-state index contributed by atoms with van der Waals surface area (Å²) in [6.45, 7) is 1.59. The van der Waals surface area contributed by atoms with Gasteiger partial charge in [0.05, 0.1) is 6.04 Å². The van der Waals surface area contributed by atoms with Gasteiger partial charge in [0.2, 0.25) is 0 Å². The molecule has 2 heteroatoms. The number of hydrogen-bond acceptors (Lipinski definition) is 2. The van der Waals surface area contributed by atoms with Gasteiger partial charge in [0.25, 0.3) is 0 Å². The van der Waals surface area contributed by atoms with Crippen molar-refractivity contribution in [3.63, 3.8) is 0 Å². The van der Waals surface area contributed by atoms with E-state index in [1.807, 2.05) is 18.2 Å². The van der Waals surface area contributed by atoms with Gasteiger partial charge in [0.15, 0.2) is 0 Å². The Morgan fingerprint density at radius 3 is 2.59 bits per heavy atom. The molecule has 0 aliphatic carbocycles. The maximum Gasteiger partial charge on any atom is 0.124 e. The highest BCUT2D eigenvalue weighted by atomic mass is 16.5. The van der Waals surface area contributed by atoms with Gasteiger partial charge in [-0.05, 0) is 11.6 Å². The zero-order valence-corrected chi connectivity index (χ0v) is 9.60. The van der Waals surface area contributed by atoms with Crippen molar-refractivity contribution < 1.29 is 4.74 Å². The van der Waals surface area contributed by atoms with Crippen molar-refractivity contribution in [1.82, 2.24) is 5.32 Å². The van der Waals surface area contributed by atoms with Crippen LogP contribution in [-0.4, -0.2) is 13.2 Å². The van der Waals surface area contributed by atoms with Crippen LogP contribution in [0.25, 0.3) is 0 Å². The quantitative estimate of drug-likeness (QED) is 0.805. The highest BCUT2D eigenvalue weighted by molar-refractivity contribution is 5.42. The summed E-state index contributed by atoms with van der Waals surface area (Å²) in [5.41, 5.74) is 2.50. The van der Waals surface area contributed by atoms with Crippen molar-refractivity contribution in [2.75, 3.05) is 13.2 Å². The van der Waals surface area contributed by atoms with E-state index in [4.69, 9.17) is 4.74 Å². The molecule has 1 heterocycles. The van der Waals surface area contributed by atoms with E-state index in [1.165, 1.54) is 11.1 Å². The molecule has 0 bridgehead atoms. The predicted molar refractivity (Wildman–Crippen MR) is 68.2 cm³/mol. The van der Waals surface area contributed by atoms with E-state index in [9.17, 15) is 0 Å². The number of nitrogens with one attached hydrogen (secondary N) is 1. The molecule has 1 aliphatic heterocycles. The summed E-state index contributed by atoms with van der Waals surface area (Å²) < 4.78 is 5.74. The van der Waals surface area contributed by atoms with Gasteiger partial charge < -0.3 is 10.1 Å². The van der Waals surface area contributed by atoms with E-state index in [2.05, 4.69) is 41.7 Å². The topological polar surface area (TPSA) is 21.3 Å². The van der Waals surface area contributed by atoms with Gasteiger partial charge >= 0.3 is 0 Å². The molecular formula is C15H15NO. The SMILES string of the molecule is c1ccc([C@@H]2NCCOc3ccccc32)cc1. The minimum Gasteiger partial charge on any atom is -0.492 e. The van der Waals surface area contributed by atoms with Gasteiger partial charge in [-0.2, -0.15) is 0 Å². The predicted octanol–water partition coefficient (Wildman–Crippen LogP) is 2.76. The van der Waals surface area contributed by atoms with Gasteiger partial charge in [0, 0.05) is 12.1 Å². The zero-order chi connectivity index (χ0) is 11.5. The van der Waals surface area contributed by atoms with Crippen LogP contribution in [0.15, 0.2) is 54.6 Å². The fraction of sp³-hybridized carbons (Fsp3) is 0.200. The fourth-order valence-electron chi connectivity index (χ4n) is 2.27. The Bertz CT molecular complexity index is 495. The molecule has 0 amide bonds. The van der Waals surface area contributed by atoms with Crippen molar-refractivity contribution in [3.8, 4) is 5.75 Å². The highest BCUT2D eigenvalue weighted by Crippen LogP contribution is 2.31. The van der Waals surface area contributed by atoms with Gasteiger partial charge in [-0.3, -0.25) is 0 Å². The molecule has 0 spiro atoms. The Balaban J connectivity index is 2.06. The third-order valence-corrected chi connectivity index (χ3v) is 3.07. The Labute approximate surface area is 101 Å². The van der Waals surface area contributed by atoms with Crippen molar-refractivity contribution >= 4 is 0 Å². The second-order valence-corrected chi connectivity index (χ2v) is 4.18. The molecule has 86 valence electrons. The molecule has 1 aliphatic rings. The maximum absolute atomic E-state index is 5.74. The molecule has 0 saturated carbocycles. The van der Waals surface area contributed by atoms with Crippen LogP contribution in [0.5, 0.6) is 5.75 Å². The molecule has 0 unspecified atom stereocenters. The molecule has 0 fully saturated rings. The lowest BCUT2D eigenvalue weighted by Crippen LogP contribution is -2.23. The fourth-order valence-corrected chi connectivity index (χ4v) is 2.27. The smallest absolute Gasteiger partial charge is 0.124 e. The molecule has 3 rings (SSSR count). The van der Waals surface area contributed by atoms with E-state index in [0.717, 1.165) is 18.9 Å². The highest BCUT2D eigenvalue weighted by Gasteiger charge is 2.19. The maximum atomic E-state index is 5.74. The number of ether oxygens (including phenoxy) is 1. The molecule has 17 heavy (non-hydrogen) atoms. The van der Waals surface area contributed by atoms with Crippen molar-refractivity contribution in [2.45, 2.75) is 6.04 Å². The Morgan fingerprint density at radius 2 is 1.71 bits per heavy atom. The number of fused-ring (bicyclic) bond motifs is 1. The summed E-state index contributed by atoms with van der Waals surface area (Å²) in [5, 5.41) is 3.53. The van der Waals surface area contributed by atoms with E-state index < -0.39 is 0 Å². The third kappa shape index (κ3) is 2.04. The molecule has 1 atom stereocenters. The van der Waals surface area contributed by atoms with Crippen molar-refractivity contribution in [1.29, 1.82) is 0 Å². The molecule has 0 aromatic heterocycles. The van der Waals surface area contributed by atoms with Gasteiger partial charge in [-0.1, -0.05) is 48.5 Å². The molecule has 2 nitrogen and oxygen atoms in total. The zero-order valence-electron chi connectivity index (χ0n) is 9.60. The standard InChI is InChI=1S/C15H15NO/c1-2-6-12(7-3-1)15-13-8-4-5-9-14(13)17-11-10-16-15/h1-9,15-16H,10-11H2/t15-/m0/s1. The van der Waals surface area contributed by atoms with E-state index in [1.54, 1.807) is 0 Å². The summed E-state index contributed by atoms with van der Waals surface area (Å²) in [6.07, 6.45) is 0. The first-order valence-corrected chi connectivity index (χ1v) is 5.95. The number of rotatable bonds is 1. The van der Waals surface area contributed by atoms with Gasteiger partial charge in [0.1, 0.15) is 12.4 Å². The first kappa shape index (κ1) is 10.4.